The number of allylic oxidation sites excluding steroid dienone is 4. The van der Waals surface area contributed by atoms with Crippen LogP contribution in [0.5, 0.6) is 0 Å². The fraction of sp³-hybridized carbons (Fsp3) is 0.773. The van der Waals surface area contributed by atoms with Crippen molar-refractivity contribution in [2.75, 3.05) is 0 Å². The largest absolute Gasteiger partial charge is 0.0768 e. The van der Waals surface area contributed by atoms with E-state index in [9.17, 15) is 0 Å². The van der Waals surface area contributed by atoms with E-state index in [1.54, 1.807) is 11.5 Å². The lowest BCUT2D eigenvalue weighted by molar-refractivity contribution is 0.377. The maximum Gasteiger partial charge on any atom is 0.00471 e. The average molecular weight is 300 g/mol. The Balaban J connectivity index is 1.57. The predicted octanol–water partition coefficient (Wildman–Crippen LogP) is 7.17. The first-order valence-electron chi connectivity index (χ1n) is 10.2. The molecule has 0 aromatic carbocycles. The maximum atomic E-state index is 2.47. The van der Waals surface area contributed by atoms with Crippen LogP contribution in [0.2, 0.25) is 0 Å². The molecule has 0 nitrogen and oxygen atoms in total. The lowest BCUT2D eigenvalue weighted by atomic mass is 9.73. The summed E-state index contributed by atoms with van der Waals surface area (Å²) in [5, 5.41) is 0. The third kappa shape index (κ3) is 4.74. The molecule has 0 heteroatoms. The summed E-state index contributed by atoms with van der Waals surface area (Å²) in [6.07, 6.45) is 29.1. The lowest BCUT2D eigenvalue weighted by Gasteiger charge is -2.32. The van der Waals surface area contributed by atoms with E-state index >= 15 is 0 Å². The van der Waals surface area contributed by atoms with Crippen LogP contribution < -0.4 is 0 Å². The molecule has 0 aromatic rings. The van der Waals surface area contributed by atoms with Crippen molar-refractivity contribution in [2.24, 2.45) is 11.8 Å². The topological polar surface area (TPSA) is 0 Å². The van der Waals surface area contributed by atoms with E-state index in [-0.39, 0.29) is 0 Å². The standard InChI is InChI=1S/C22H35/c1-3-7-12-19(13-8-4-1)21-16-11-17-22(18-21)20-14-9-5-2-6-10-15-20/h11,16-17,19-20H,1-10,12-15,18H2. The Morgan fingerprint density at radius 1 is 0.591 bits per heavy atom. The Hall–Kier alpha value is -0.520. The van der Waals surface area contributed by atoms with Crippen molar-refractivity contribution in [1.29, 1.82) is 0 Å². The molecule has 0 unspecified atom stereocenters. The molecule has 3 rings (SSSR count). The summed E-state index contributed by atoms with van der Waals surface area (Å²) in [5.41, 5.74) is 1.78. The van der Waals surface area contributed by atoms with Crippen LogP contribution in [0.25, 0.3) is 0 Å². The van der Waals surface area contributed by atoms with E-state index in [1.165, 1.54) is 96.3 Å². The summed E-state index contributed by atoms with van der Waals surface area (Å²) < 4.78 is 0. The fourth-order valence-electron chi connectivity index (χ4n) is 4.86. The van der Waals surface area contributed by atoms with E-state index in [0.717, 1.165) is 11.8 Å². The Labute approximate surface area is 138 Å². The quantitative estimate of drug-likeness (QED) is 0.507. The van der Waals surface area contributed by atoms with Crippen molar-refractivity contribution < 1.29 is 0 Å². The van der Waals surface area contributed by atoms with Gasteiger partial charge >= 0.3 is 0 Å². The molecular formula is C22H35. The van der Waals surface area contributed by atoms with Gasteiger partial charge in [-0.15, -0.1) is 0 Å². The third-order valence-corrected chi connectivity index (χ3v) is 6.29. The summed E-state index contributed by atoms with van der Waals surface area (Å²) in [6.45, 7) is 0. The predicted molar refractivity (Wildman–Crippen MR) is 96.7 cm³/mol. The van der Waals surface area contributed by atoms with Gasteiger partial charge in [0, 0.05) is 5.92 Å². The van der Waals surface area contributed by atoms with Gasteiger partial charge in [0.1, 0.15) is 0 Å². The second kappa shape index (κ2) is 8.94. The van der Waals surface area contributed by atoms with Gasteiger partial charge in [-0.25, -0.2) is 0 Å². The van der Waals surface area contributed by atoms with Gasteiger partial charge in [-0.1, -0.05) is 88.0 Å². The fourth-order valence-corrected chi connectivity index (χ4v) is 4.86. The molecule has 0 saturated heterocycles. The van der Waals surface area contributed by atoms with Gasteiger partial charge in [-0.2, -0.15) is 0 Å². The van der Waals surface area contributed by atoms with Crippen molar-refractivity contribution in [2.45, 2.75) is 96.3 Å². The molecule has 3 aliphatic rings. The first kappa shape index (κ1) is 16.3. The molecule has 3 aliphatic carbocycles. The van der Waals surface area contributed by atoms with Crippen molar-refractivity contribution in [3.8, 4) is 0 Å². The highest BCUT2D eigenvalue weighted by atomic mass is 14.3. The zero-order valence-electron chi connectivity index (χ0n) is 14.5. The van der Waals surface area contributed by atoms with Gasteiger partial charge < -0.3 is 0 Å². The molecule has 0 bridgehead atoms. The maximum absolute atomic E-state index is 2.47. The number of hydrogen-bond acceptors (Lipinski definition) is 0. The van der Waals surface area contributed by atoms with Crippen molar-refractivity contribution in [3.63, 3.8) is 0 Å². The van der Waals surface area contributed by atoms with E-state index in [0.29, 0.717) is 0 Å². The lowest BCUT2D eigenvalue weighted by Crippen LogP contribution is -2.18. The monoisotopic (exact) mass is 299 g/mol. The van der Waals surface area contributed by atoms with Crippen molar-refractivity contribution in [1.82, 2.24) is 0 Å². The molecule has 0 aromatic heterocycles. The van der Waals surface area contributed by atoms with Gasteiger partial charge in [-0.3, -0.25) is 0 Å². The zero-order chi connectivity index (χ0) is 15.0. The Kier molecular flexibility index (Phi) is 6.64. The minimum absolute atomic E-state index is 0.897. The Bertz CT molecular complexity index is 359. The highest BCUT2D eigenvalue weighted by molar-refractivity contribution is 5.32. The number of hydrogen-bond donors (Lipinski definition) is 0. The molecule has 2 saturated carbocycles. The van der Waals surface area contributed by atoms with Crippen LogP contribution >= 0.6 is 0 Å². The van der Waals surface area contributed by atoms with E-state index in [1.807, 2.05) is 0 Å². The van der Waals surface area contributed by atoms with Gasteiger partial charge in [0.05, 0.1) is 0 Å². The first-order valence-corrected chi connectivity index (χ1v) is 10.2. The molecule has 0 atom stereocenters. The van der Waals surface area contributed by atoms with Crippen molar-refractivity contribution >= 4 is 0 Å². The van der Waals surface area contributed by atoms with Gasteiger partial charge in [0.25, 0.3) is 0 Å². The van der Waals surface area contributed by atoms with Crippen LogP contribution in [0.15, 0.2) is 23.8 Å². The molecule has 0 spiro atoms. The van der Waals surface area contributed by atoms with E-state index in [2.05, 4.69) is 18.2 Å². The molecule has 0 N–H and O–H groups in total. The molecule has 22 heavy (non-hydrogen) atoms. The second-order valence-corrected chi connectivity index (χ2v) is 7.94. The summed E-state index contributed by atoms with van der Waals surface area (Å²) in [4.78, 5) is 0. The summed E-state index contributed by atoms with van der Waals surface area (Å²) in [7, 11) is 0. The molecule has 0 heterocycles. The third-order valence-electron chi connectivity index (χ3n) is 6.29. The summed E-state index contributed by atoms with van der Waals surface area (Å²) >= 11 is 0. The molecule has 0 aliphatic heterocycles. The summed E-state index contributed by atoms with van der Waals surface area (Å²) in [5.74, 6) is 3.57. The second-order valence-electron chi connectivity index (χ2n) is 7.94. The van der Waals surface area contributed by atoms with Gasteiger partial charge in [0.15, 0.2) is 0 Å². The molecule has 1 radical (unpaired) electrons. The summed E-state index contributed by atoms with van der Waals surface area (Å²) in [6, 6.07) is 0. The van der Waals surface area contributed by atoms with Gasteiger partial charge in [-0.05, 0) is 43.9 Å². The zero-order valence-corrected chi connectivity index (χ0v) is 14.5. The highest BCUT2D eigenvalue weighted by Crippen LogP contribution is 2.40. The highest BCUT2D eigenvalue weighted by Gasteiger charge is 2.26. The van der Waals surface area contributed by atoms with Crippen LogP contribution in [0.4, 0.5) is 0 Å². The number of rotatable bonds is 2. The minimum atomic E-state index is 0.897. The van der Waals surface area contributed by atoms with Crippen LogP contribution in [0.1, 0.15) is 96.3 Å². The van der Waals surface area contributed by atoms with Crippen molar-refractivity contribution in [3.05, 3.63) is 29.7 Å². The van der Waals surface area contributed by atoms with Crippen LogP contribution in [-0.2, 0) is 0 Å². The van der Waals surface area contributed by atoms with Crippen LogP contribution in [0.3, 0.4) is 0 Å². The van der Waals surface area contributed by atoms with Crippen LogP contribution in [-0.4, -0.2) is 0 Å². The van der Waals surface area contributed by atoms with Crippen LogP contribution in [0, 0.1) is 17.8 Å². The smallest absolute Gasteiger partial charge is 0.00471 e. The molecule has 123 valence electrons. The Morgan fingerprint density at radius 2 is 1.09 bits per heavy atom. The average Bonchev–Trinajstić information content (AvgIpc) is 2.46. The van der Waals surface area contributed by atoms with E-state index in [4.69, 9.17) is 0 Å². The van der Waals surface area contributed by atoms with Gasteiger partial charge in [0.2, 0.25) is 0 Å². The molecule has 2 fully saturated rings. The molecule has 0 amide bonds. The normalized spacial score (nSPS) is 27.5. The minimum Gasteiger partial charge on any atom is -0.0768 e. The SMILES string of the molecule is C1=C[C](C2CCCCCCC2)CC(C2CCCCCCC2)=C1. The Morgan fingerprint density at radius 3 is 1.68 bits per heavy atom. The van der Waals surface area contributed by atoms with E-state index < -0.39 is 0 Å². The molecular weight excluding hydrogens is 264 g/mol. The first-order chi connectivity index (χ1) is 10.9.